The van der Waals surface area contributed by atoms with Crippen LogP contribution in [-0.2, 0) is 17.8 Å². The number of aromatic nitrogens is 1. The van der Waals surface area contributed by atoms with E-state index in [2.05, 4.69) is 9.72 Å². The third-order valence-electron chi connectivity index (χ3n) is 4.81. The molecule has 0 aliphatic heterocycles. The highest BCUT2D eigenvalue weighted by molar-refractivity contribution is 5.71. The minimum atomic E-state index is -4.77. The van der Waals surface area contributed by atoms with E-state index in [0.29, 0.717) is 23.5 Å². The lowest BCUT2D eigenvalue weighted by molar-refractivity contribution is -0.274. The van der Waals surface area contributed by atoms with E-state index >= 15 is 0 Å². The number of carboxylic acid groups (broad SMARTS) is 1. The van der Waals surface area contributed by atoms with E-state index in [4.69, 9.17) is 9.47 Å². The van der Waals surface area contributed by atoms with Crippen molar-refractivity contribution in [3.8, 4) is 28.4 Å². The fraction of sp³-hybridized carbons (Fsp3) is 0.250. The first kappa shape index (κ1) is 23.9. The van der Waals surface area contributed by atoms with Gasteiger partial charge >= 0.3 is 12.3 Å². The van der Waals surface area contributed by atoms with Crippen LogP contribution in [0.15, 0.2) is 60.9 Å². The molecule has 9 heteroatoms. The fourth-order valence-electron chi connectivity index (χ4n) is 3.19. The Morgan fingerprint density at radius 3 is 2.55 bits per heavy atom. The van der Waals surface area contributed by atoms with Gasteiger partial charge in [-0.05, 0) is 53.4 Å². The summed E-state index contributed by atoms with van der Waals surface area (Å²) in [6, 6.07) is 12.7. The minimum Gasteiger partial charge on any atom is -0.496 e. The number of halogens is 3. The first-order chi connectivity index (χ1) is 15.6. The predicted molar refractivity (Wildman–Crippen MR) is 114 cm³/mol. The van der Waals surface area contributed by atoms with Crippen LogP contribution in [0.4, 0.5) is 13.2 Å². The van der Waals surface area contributed by atoms with E-state index < -0.39 is 18.2 Å². The van der Waals surface area contributed by atoms with Crippen molar-refractivity contribution in [1.82, 2.24) is 4.98 Å². The summed E-state index contributed by atoms with van der Waals surface area (Å²) in [5.41, 5.74) is 2.77. The van der Waals surface area contributed by atoms with E-state index in [1.54, 1.807) is 31.3 Å². The normalized spacial score (nSPS) is 12.2. The van der Waals surface area contributed by atoms with Gasteiger partial charge in [0.15, 0.2) is 0 Å². The Hall–Kier alpha value is -3.75. The first-order valence-corrected chi connectivity index (χ1v) is 9.97. The molecule has 0 radical (unpaired) electrons. The SMILES string of the molecule is COc1ccc(-c2cncc(OCc3cccc(OC(F)(F)F)c3)c2)cc1CC(C)C(=O)O. The van der Waals surface area contributed by atoms with Crippen molar-refractivity contribution < 1.29 is 37.3 Å². The Labute approximate surface area is 188 Å². The molecular weight excluding hydrogens is 439 g/mol. The Kier molecular flexibility index (Phi) is 7.42. The van der Waals surface area contributed by atoms with Gasteiger partial charge in [0.25, 0.3) is 0 Å². The molecule has 0 aliphatic rings. The van der Waals surface area contributed by atoms with E-state index in [9.17, 15) is 23.1 Å². The van der Waals surface area contributed by atoms with Crippen LogP contribution in [0.5, 0.6) is 17.2 Å². The highest BCUT2D eigenvalue weighted by Gasteiger charge is 2.31. The van der Waals surface area contributed by atoms with Crippen LogP contribution in [0, 0.1) is 5.92 Å². The number of rotatable bonds is 9. The molecule has 2 aromatic carbocycles. The second kappa shape index (κ2) is 10.2. The third kappa shape index (κ3) is 6.86. The van der Waals surface area contributed by atoms with Crippen molar-refractivity contribution in [2.45, 2.75) is 26.3 Å². The lowest BCUT2D eigenvalue weighted by Crippen LogP contribution is -2.17. The molecule has 0 saturated carbocycles. The molecule has 6 nitrogen and oxygen atoms in total. The number of methoxy groups -OCH3 is 1. The maximum atomic E-state index is 12.4. The van der Waals surface area contributed by atoms with Gasteiger partial charge in [0, 0.05) is 11.8 Å². The van der Waals surface area contributed by atoms with Crippen LogP contribution in [0.2, 0.25) is 0 Å². The van der Waals surface area contributed by atoms with E-state index in [0.717, 1.165) is 16.7 Å². The number of benzene rings is 2. The van der Waals surface area contributed by atoms with Gasteiger partial charge in [-0.1, -0.05) is 25.1 Å². The highest BCUT2D eigenvalue weighted by atomic mass is 19.4. The van der Waals surface area contributed by atoms with Crippen LogP contribution in [-0.4, -0.2) is 29.5 Å². The molecular formula is C24H22F3NO5. The van der Waals surface area contributed by atoms with E-state index in [1.807, 2.05) is 12.1 Å². The monoisotopic (exact) mass is 461 g/mol. The van der Waals surface area contributed by atoms with Crippen LogP contribution in [0.25, 0.3) is 11.1 Å². The standard InChI is InChI=1S/C24H22F3NO5/c1-15(23(29)30)8-18-10-17(6-7-22(18)31-2)19-11-21(13-28-12-19)32-14-16-4-3-5-20(9-16)33-24(25,26)27/h3-7,9-13,15H,8,14H2,1-2H3,(H,29,30). The van der Waals surface area contributed by atoms with Gasteiger partial charge in [0.05, 0.1) is 19.2 Å². The van der Waals surface area contributed by atoms with Gasteiger partial charge in [-0.25, -0.2) is 0 Å². The average Bonchev–Trinajstić information content (AvgIpc) is 2.77. The summed E-state index contributed by atoms with van der Waals surface area (Å²) in [4.78, 5) is 15.4. The molecule has 1 unspecified atom stereocenters. The number of carbonyl (C=O) groups is 1. The Morgan fingerprint density at radius 1 is 1.06 bits per heavy atom. The quantitative estimate of drug-likeness (QED) is 0.454. The molecule has 0 saturated heterocycles. The first-order valence-electron chi connectivity index (χ1n) is 9.97. The van der Waals surface area contributed by atoms with Crippen molar-refractivity contribution in [1.29, 1.82) is 0 Å². The topological polar surface area (TPSA) is 77.9 Å². The Balaban J connectivity index is 1.76. The molecule has 0 amide bonds. The van der Waals surface area contributed by atoms with E-state index in [1.165, 1.54) is 31.5 Å². The number of pyridine rings is 1. The summed E-state index contributed by atoms with van der Waals surface area (Å²) in [5, 5.41) is 9.22. The average molecular weight is 461 g/mol. The predicted octanol–water partition coefficient (Wildman–Crippen LogP) is 5.50. The summed E-state index contributed by atoms with van der Waals surface area (Å²) < 4.78 is 52.2. The summed E-state index contributed by atoms with van der Waals surface area (Å²) >= 11 is 0. The molecule has 1 heterocycles. The summed E-state index contributed by atoms with van der Waals surface area (Å²) in [6.45, 7) is 1.64. The Morgan fingerprint density at radius 2 is 1.85 bits per heavy atom. The molecule has 0 aliphatic carbocycles. The smallest absolute Gasteiger partial charge is 0.496 e. The number of carboxylic acids is 1. The molecule has 33 heavy (non-hydrogen) atoms. The highest BCUT2D eigenvalue weighted by Crippen LogP contribution is 2.30. The summed E-state index contributed by atoms with van der Waals surface area (Å²) in [5.74, 6) is -0.792. The summed E-state index contributed by atoms with van der Waals surface area (Å²) in [6.07, 6.45) is -1.34. The number of hydrogen-bond donors (Lipinski definition) is 1. The Bertz CT molecular complexity index is 1120. The molecule has 3 aromatic rings. The van der Waals surface area contributed by atoms with Crippen molar-refractivity contribution in [3.63, 3.8) is 0 Å². The molecule has 3 rings (SSSR count). The van der Waals surface area contributed by atoms with Crippen molar-refractivity contribution in [3.05, 3.63) is 72.1 Å². The van der Waals surface area contributed by atoms with Gasteiger partial charge in [-0.3, -0.25) is 9.78 Å². The lowest BCUT2D eigenvalue weighted by Gasteiger charge is -2.14. The van der Waals surface area contributed by atoms with Crippen molar-refractivity contribution in [2.24, 2.45) is 5.92 Å². The second-order valence-electron chi connectivity index (χ2n) is 7.36. The van der Waals surface area contributed by atoms with Crippen LogP contribution >= 0.6 is 0 Å². The van der Waals surface area contributed by atoms with Gasteiger partial charge in [-0.2, -0.15) is 0 Å². The second-order valence-corrected chi connectivity index (χ2v) is 7.36. The number of hydrogen-bond acceptors (Lipinski definition) is 5. The maximum Gasteiger partial charge on any atom is 0.573 e. The molecule has 1 aromatic heterocycles. The maximum absolute atomic E-state index is 12.4. The molecule has 0 spiro atoms. The zero-order valence-electron chi connectivity index (χ0n) is 17.9. The molecule has 174 valence electrons. The zero-order valence-corrected chi connectivity index (χ0v) is 17.9. The summed E-state index contributed by atoms with van der Waals surface area (Å²) in [7, 11) is 1.52. The van der Waals surface area contributed by atoms with Crippen LogP contribution in [0.3, 0.4) is 0 Å². The molecule has 1 atom stereocenters. The lowest BCUT2D eigenvalue weighted by atomic mass is 9.96. The number of aliphatic carboxylic acids is 1. The molecule has 0 fully saturated rings. The van der Waals surface area contributed by atoms with Gasteiger partial charge < -0.3 is 19.3 Å². The van der Waals surface area contributed by atoms with Gasteiger partial charge in [0.1, 0.15) is 23.9 Å². The third-order valence-corrected chi connectivity index (χ3v) is 4.81. The van der Waals surface area contributed by atoms with Gasteiger partial charge in [-0.15, -0.1) is 13.2 Å². The fourth-order valence-corrected chi connectivity index (χ4v) is 3.19. The minimum absolute atomic E-state index is 0.0180. The number of nitrogens with zero attached hydrogens (tertiary/aromatic N) is 1. The molecule has 0 bridgehead atoms. The largest absolute Gasteiger partial charge is 0.573 e. The zero-order chi connectivity index (χ0) is 24.0. The van der Waals surface area contributed by atoms with Gasteiger partial charge in [0.2, 0.25) is 0 Å². The number of ether oxygens (including phenoxy) is 3. The van der Waals surface area contributed by atoms with Crippen LogP contribution in [0.1, 0.15) is 18.1 Å². The van der Waals surface area contributed by atoms with E-state index in [-0.39, 0.29) is 12.4 Å². The van der Waals surface area contributed by atoms with Crippen molar-refractivity contribution >= 4 is 5.97 Å². The van der Waals surface area contributed by atoms with Crippen LogP contribution < -0.4 is 14.2 Å². The number of alkyl halides is 3. The van der Waals surface area contributed by atoms with Crippen molar-refractivity contribution in [2.75, 3.05) is 7.11 Å². The molecule has 1 N–H and O–H groups in total.